The van der Waals surface area contributed by atoms with Gasteiger partial charge in [0.15, 0.2) is 0 Å². The Bertz CT molecular complexity index is 371. The lowest BCUT2D eigenvalue weighted by molar-refractivity contribution is -0.135. The maximum atomic E-state index is 13.0. The molecule has 0 radical (unpaired) electrons. The zero-order chi connectivity index (χ0) is 11.1. The largest absolute Gasteiger partial charge is 0.310 e. The van der Waals surface area contributed by atoms with Crippen LogP contribution in [-0.4, -0.2) is 13.0 Å². The van der Waals surface area contributed by atoms with E-state index in [0.717, 1.165) is 10.0 Å². The van der Waals surface area contributed by atoms with E-state index in [2.05, 4.69) is 21.2 Å². The molecule has 1 fully saturated rings. The molecule has 0 heterocycles. The Morgan fingerprint density at radius 1 is 1.27 bits per heavy atom. The fourth-order valence-electron chi connectivity index (χ4n) is 2.18. The van der Waals surface area contributed by atoms with Crippen LogP contribution in [0.25, 0.3) is 0 Å². The summed E-state index contributed by atoms with van der Waals surface area (Å²) in [6, 6.07) is 7.52. The van der Waals surface area contributed by atoms with Crippen molar-refractivity contribution in [2.24, 2.45) is 0 Å². The predicted molar refractivity (Wildman–Crippen MR) is 59.1 cm³/mol. The van der Waals surface area contributed by atoms with Crippen LogP contribution in [0.2, 0.25) is 0 Å². The lowest BCUT2D eigenvalue weighted by Gasteiger charge is -2.48. The maximum Gasteiger partial charge on any atom is 0.252 e. The third-order valence-electron chi connectivity index (χ3n) is 2.99. The summed E-state index contributed by atoms with van der Waals surface area (Å²) in [7, 11) is 1.73. The van der Waals surface area contributed by atoms with E-state index < -0.39 is 11.5 Å². The van der Waals surface area contributed by atoms with Crippen molar-refractivity contribution >= 4 is 15.9 Å². The zero-order valence-electron chi connectivity index (χ0n) is 8.36. The molecule has 0 spiro atoms. The molecule has 1 aliphatic carbocycles. The van der Waals surface area contributed by atoms with Crippen LogP contribution in [-0.2, 0) is 5.54 Å². The first-order chi connectivity index (χ1) is 6.99. The van der Waals surface area contributed by atoms with Crippen molar-refractivity contribution in [3.8, 4) is 0 Å². The van der Waals surface area contributed by atoms with Crippen LogP contribution in [0, 0.1) is 0 Å². The lowest BCUT2D eigenvalue weighted by atomic mass is 9.69. The van der Waals surface area contributed by atoms with Gasteiger partial charge in [-0.1, -0.05) is 34.1 Å². The molecule has 1 aliphatic rings. The summed E-state index contributed by atoms with van der Waals surface area (Å²) in [5.41, 5.74) is 0.349. The minimum absolute atomic E-state index is 0.126. The Labute approximate surface area is 96.0 Å². The van der Waals surface area contributed by atoms with Crippen molar-refractivity contribution in [2.45, 2.75) is 24.3 Å². The highest BCUT2D eigenvalue weighted by Crippen LogP contribution is 2.52. The Morgan fingerprint density at radius 3 is 2.33 bits per heavy atom. The Morgan fingerprint density at radius 2 is 1.87 bits per heavy atom. The van der Waals surface area contributed by atoms with Gasteiger partial charge in [-0.25, -0.2) is 8.78 Å². The summed E-state index contributed by atoms with van der Waals surface area (Å²) >= 11 is 3.40. The van der Waals surface area contributed by atoms with E-state index >= 15 is 0 Å². The van der Waals surface area contributed by atoms with Crippen LogP contribution < -0.4 is 5.32 Å². The number of hydrogen-bond acceptors (Lipinski definition) is 1. The molecule has 0 aromatic heterocycles. The average Bonchev–Trinajstić information content (AvgIpc) is 2.14. The van der Waals surface area contributed by atoms with Gasteiger partial charge in [0.1, 0.15) is 0 Å². The van der Waals surface area contributed by atoms with Gasteiger partial charge in [-0.15, -0.1) is 0 Å². The third kappa shape index (κ3) is 1.81. The summed E-state index contributed by atoms with van der Waals surface area (Å²) in [5.74, 6) is -2.53. The Hall–Kier alpha value is -0.480. The molecule has 15 heavy (non-hydrogen) atoms. The molecular weight excluding hydrogens is 264 g/mol. The number of alkyl halides is 2. The zero-order valence-corrected chi connectivity index (χ0v) is 9.94. The third-order valence-corrected chi connectivity index (χ3v) is 3.68. The number of benzene rings is 1. The van der Waals surface area contributed by atoms with Gasteiger partial charge in [-0.05, 0) is 18.7 Å². The van der Waals surface area contributed by atoms with E-state index in [1.807, 2.05) is 24.3 Å². The normalized spacial score (nSPS) is 22.1. The fourth-order valence-corrected chi connectivity index (χ4v) is 2.85. The van der Waals surface area contributed by atoms with Gasteiger partial charge in [0.05, 0.1) is 5.54 Å². The Balaban J connectivity index is 2.34. The molecular formula is C11H12BrF2N. The van der Waals surface area contributed by atoms with E-state index in [4.69, 9.17) is 0 Å². The van der Waals surface area contributed by atoms with E-state index in [0.29, 0.717) is 0 Å². The molecule has 4 heteroatoms. The molecule has 0 amide bonds. The second-order valence-corrected chi connectivity index (χ2v) is 4.88. The van der Waals surface area contributed by atoms with Gasteiger partial charge in [0, 0.05) is 17.3 Å². The van der Waals surface area contributed by atoms with E-state index in [9.17, 15) is 8.78 Å². The number of rotatable bonds is 2. The number of halogens is 3. The van der Waals surface area contributed by atoms with Gasteiger partial charge in [-0.3, -0.25) is 0 Å². The molecule has 1 saturated carbocycles. The Kier molecular flexibility index (Phi) is 2.59. The smallest absolute Gasteiger partial charge is 0.252 e. The molecule has 0 aliphatic heterocycles. The molecule has 82 valence electrons. The van der Waals surface area contributed by atoms with Gasteiger partial charge >= 0.3 is 0 Å². The molecule has 1 nitrogen and oxygen atoms in total. The quantitative estimate of drug-likeness (QED) is 0.874. The summed E-state index contributed by atoms with van der Waals surface area (Å²) in [4.78, 5) is 0. The van der Waals surface area contributed by atoms with E-state index in [1.165, 1.54) is 0 Å². The second kappa shape index (κ2) is 3.52. The first kappa shape index (κ1) is 11.0. The average molecular weight is 276 g/mol. The molecule has 0 atom stereocenters. The number of hydrogen-bond donors (Lipinski definition) is 1. The highest BCUT2D eigenvalue weighted by molar-refractivity contribution is 9.10. The van der Waals surface area contributed by atoms with Crippen molar-refractivity contribution < 1.29 is 8.78 Å². The minimum Gasteiger partial charge on any atom is -0.310 e. The number of nitrogens with one attached hydrogen (secondary N) is 1. The highest BCUT2D eigenvalue weighted by atomic mass is 79.9. The van der Waals surface area contributed by atoms with Crippen LogP contribution >= 0.6 is 15.9 Å². The van der Waals surface area contributed by atoms with E-state index in [-0.39, 0.29) is 12.8 Å². The van der Waals surface area contributed by atoms with Crippen LogP contribution in [0.3, 0.4) is 0 Å². The summed E-state index contributed by atoms with van der Waals surface area (Å²) in [6.07, 6.45) is -0.252. The predicted octanol–water partition coefficient (Wildman–Crippen LogP) is 3.29. The summed E-state index contributed by atoms with van der Waals surface area (Å²) in [6.45, 7) is 0. The first-order valence-electron chi connectivity index (χ1n) is 4.81. The van der Waals surface area contributed by atoms with Crippen LogP contribution in [0.15, 0.2) is 28.7 Å². The molecule has 0 bridgehead atoms. The summed E-state index contributed by atoms with van der Waals surface area (Å²) < 4.78 is 26.8. The van der Waals surface area contributed by atoms with Crippen molar-refractivity contribution in [3.05, 3.63) is 34.3 Å². The van der Waals surface area contributed by atoms with Crippen molar-refractivity contribution in [3.63, 3.8) is 0 Å². The second-order valence-electron chi connectivity index (χ2n) is 4.02. The highest BCUT2D eigenvalue weighted by Gasteiger charge is 2.57. The molecule has 1 aromatic carbocycles. The van der Waals surface area contributed by atoms with E-state index in [1.54, 1.807) is 7.05 Å². The van der Waals surface area contributed by atoms with Gasteiger partial charge in [0.25, 0.3) is 5.92 Å². The van der Waals surface area contributed by atoms with Crippen molar-refractivity contribution in [2.75, 3.05) is 7.05 Å². The molecule has 1 N–H and O–H groups in total. The standard InChI is InChI=1S/C11H12BrF2N/c1-15-10(6-11(13,14)7-10)8-4-2-3-5-9(8)12/h2-5,15H,6-7H2,1H3. The minimum atomic E-state index is -2.53. The lowest BCUT2D eigenvalue weighted by Crippen LogP contribution is -2.57. The molecule has 0 unspecified atom stereocenters. The van der Waals surface area contributed by atoms with Crippen LogP contribution in [0.1, 0.15) is 18.4 Å². The van der Waals surface area contributed by atoms with Crippen LogP contribution in [0.4, 0.5) is 8.78 Å². The maximum absolute atomic E-state index is 13.0. The first-order valence-corrected chi connectivity index (χ1v) is 5.60. The molecule has 0 saturated heterocycles. The van der Waals surface area contributed by atoms with Crippen molar-refractivity contribution in [1.29, 1.82) is 0 Å². The topological polar surface area (TPSA) is 12.0 Å². The fraction of sp³-hybridized carbons (Fsp3) is 0.455. The van der Waals surface area contributed by atoms with Gasteiger partial charge in [0.2, 0.25) is 0 Å². The molecule has 2 rings (SSSR count). The SMILES string of the molecule is CNC1(c2ccccc2Br)CC(F)(F)C1. The molecule has 1 aromatic rings. The van der Waals surface area contributed by atoms with Gasteiger partial charge in [-0.2, -0.15) is 0 Å². The van der Waals surface area contributed by atoms with Crippen LogP contribution in [0.5, 0.6) is 0 Å². The van der Waals surface area contributed by atoms with Crippen molar-refractivity contribution in [1.82, 2.24) is 5.32 Å². The van der Waals surface area contributed by atoms with Gasteiger partial charge < -0.3 is 5.32 Å². The monoisotopic (exact) mass is 275 g/mol. The summed E-state index contributed by atoms with van der Waals surface area (Å²) in [5, 5.41) is 3.02.